The zero-order valence-electron chi connectivity index (χ0n) is 13.8. The van der Waals surface area contributed by atoms with E-state index in [0.717, 1.165) is 12.5 Å². The van der Waals surface area contributed by atoms with Crippen molar-refractivity contribution in [2.45, 2.75) is 35.3 Å². The largest absolute Gasteiger partial charge is 0.493 e. The highest BCUT2D eigenvalue weighted by atomic mass is 35.5. The molecule has 0 bridgehead atoms. The Kier molecular flexibility index (Phi) is 4.23. The predicted molar refractivity (Wildman–Crippen MR) is 94.1 cm³/mol. The first-order valence-corrected chi connectivity index (χ1v) is 10.4. The van der Waals surface area contributed by atoms with Crippen molar-refractivity contribution >= 4 is 21.4 Å². The maximum absolute atomic E-state index is 14.9. The van der Waals surface area contributed by atoms with Crippen molar-refractivity contribution in [3.05, 3.63) is 58.6 Å². The van der Waals surface area contributed by atoms with Crippen molar-refractivity contribution in [1.82, 2.24) is 0 Å². The van der Waals surface area contributed by atoms with E-state index in [2.05, 4.69) is 0 Å². The third-order valence-electron chi connectivity index (χ3n) is 5.53. The van der Waals surface area contributed by atoms with E-state index in [0.29, 0.717) is 17.9 Å². The lowest BCUT2D eigenvalue weighted by atomic mass is 9.73. The number of fused-ring (bicyclic) bond motifs is 3. The number of sulfone groups is 1. The molecule has 0 unspecified atom stereocenters. The monoisotopic (exact) mass is 398 g/mol. The average Bonchev–Trinajstić information content (AvgIpc) is 2.64. The maximum Gasteiger partial charge on any atom is 0.188 e. The minimum Gasteiger partial charge on any atom is -0.493 e. The van der Waals surface area contributed by atoms with Gasteiger partial charge < -0.3 is 4.74 Å². The number of benzene rings is 2. The van der Waals surface area contributed by atoms with Gasteiger partial charge in [0.05, 0.1) is 17.1 Å². The second kappa shape index (κ2) is 6.20. The summed E-state index contributed by atoms with van der Waals surface area (Å²) in [5.74, 6) is -2.52. The van der Waals surface area contributed by atoms with Crippen molar-refractivity contribution in [3.63, 3.8) is 0 Å². The molecule has 3 nitrogen and oxygen atoms in total. The molecule has 138 valence electrons. The van der Waals surface area contributed by atoms with Gasteiger partial charge in [-0.15, -0.1) is 0 Å². The van der Waals surface area contributed by atoms with Crippen molar-refractivity contribution < 1.29 is 21.9 Å². The smallest absolute Gasteiger partial charge is 0.188 e. The first-order valence-electron chi connectivity index (χ1n) is 8.49. The molecular formula is C19H17ClF2O3S. The molecule has 4 rings (SSSR count). The summed E-state index contributed by atoms with van der Waals surface area (Å²) >= 11 is 5.89. The summed E-state index contributed by atoms with van der Waals surface area (Å²) in [6, 6.07) is 8.11. The van der Waals surface area contributed by atoms with Crippen molar-refractivity contribution in [2.24, 2.45) is 5.92 Å². The molecule has 2 aliphatic rings. The van der Waals surface area contributed by atoms with Gasteiger partial charge in [0.25, 0.3) is 0 Å². The van der Waals surface area contributed by atoms with Crippen LogP contribution < -0.4 is 4.74 Å². The number of halogens is 3. The molecule has 0 spiro atoms. The van der Waals surface area contributed by atoms with E-state index >= 15 is 0 Å². The standard InChI is InChI=1S/C19H17ClF2O3S/c20-13-4-6-14(7-5-13)26(23,24)19-10-2-1-3-12(19)11-25-16-9-8-15(21)18(22)17(16)19/h4-9,12H,1-3,10-11H2/t12-,19+/m0/s1. The van der Waals surface area contributed by atoms with Gasteiger partial charge >= 0.3 is 0 Å². The SMILES string of the molecule is O=S(=O)(c1ccc(Cl)cc1)[C@]12CCCC[C@H]1COc1ccc(F)c(F)c12. The van der Waals surface area contributed by atoms with Gasteiger partial charge in [0, 0.05) is 10.9 Å². The fourth-order valence-corrected chi connectivity index (χ4v) is 6.85. The van der Waals surface area contributed by atoms with Crippen LogP contribution in [0, 0.1) is 17.6 Å². The van der Waals surface area contributed by atoms with Crippen molar-refractivity contribution in [1.29, 1.82) is 0 Å². The van der Waals surface area contributed by atoms with Crippen LogP contribution in [0.5, 0.6) is 5.75 Å². The summed E-state index contributed by atoms with van der Waals surface area (Å²) in [5, 5.41) is 0.409. The highest BCUT2D eigenvalue weighted by Crippen LogP contribution is 2.56. The second-order valence-electron chi connectivity index (χ2n) is 6.84. The van der Waals surface area contributed by atoms with Gasteiger partial charge in [-0.05, 0) is 49.2 Å². The molecule has 1 aliphatic carbocycles. The number of rotatable bonds is 2. The Morgan fingerprint density at radius 1 is 1.08 bits per heavy atom. The van der Waals surface area contributed by atoms with E-state index in [1.54, 1.807) is 0 Å². The van der Waals surface area contributed by atoms with Crippen LogP contribution in [0.2, 0.25) is 5.02 Å². The molecule has 1 heterocycles. The highest BCUT2D eigenvalue weighted by Gasteiger charge is 2.58. The third kappa shape index (κ3) is 2.38. The third-order valence-corrected chi connectivity index (χ3v) is 8.38. The molecule has 1 fully saturated rings. The van der Waals surface area contributed by atoms with E-state index < -0.39 is 32.1 Å². The molecule has 2 aromatic rings. The van der Waals surface area contributed by atoms with E-state index in [1.807, 2.05) is 0 Å². The summed E-state index contributed by atoms with van der Waals surface area (Å²) < 4.78 is 60.4. The van der Waals surface area contributed by atoms with Crippen LogP contribution in [-0.4, -0.2) is 15.0 Å². The Labute approximate surface area is 155 Å². The van der Waals surface area contributed by atoms with Crippen LogP contribution in [0.1, 0.15) is 31.2 Å². The highest BCUT2D eigenvalue weighted by molar-refractivity contribution is 7.92. The van der Waals surface area contributed by atoms with Gasteiger partial charge in [0.1, 0.15) is 10.5 Å². The summed E-state index contributed by atoms with van der Waals surface area (Å²) in [6.07, 6.45) is 2.28. The number of hydrogen-bond donors (Lipinski definition) is 0. The zero-order chi connectivity index (χ0) is 18.5. The fraction of sp³-hybridized carbons (Fsp3) is 0.368. The lowest BCUT2D eigenvalue weighted by Gasteiger charge is -2.47. The summed E-state index contributed by atoms with van der Waals surface area (Å²) in [7, 11) is -4.00. The molecule has 1 saturated carbocycles. The Bertz CT molecular complexity index is 959. The van der Waals surface area contributed by atoms with Crippen LogP contribution in [-0.2, 0) is 14.6 Å². The number of ether oxygens (including phenoxy) is 1. The van der Waals surface area contributed by atoms with E-state index in [-0.39, 0.29) is 29.2 Å². The van der Waals surface area contributed by atoms with E-state index in [4.69, 9.17) is 16.3 Å². The van der Waals surface area contributed by atoms with Crippen LogP contribution >= 0.6 is 11.6 Å². The lowest BCUT2D eigenvalue weighted by molar-refractivity contribution is 0.128. The molecule has 0 radical (unpaired) electrons. The minimum atomic E-state index is -4.00. The summed E-state index contributed by atoms with van der Waals surface area (Å²) in [6.45, 7) is 0.172. The molecule has 0 amide bonds. The molecule has 26 heavy (non-hydrogen) atoms. The quantitative estimate of drug-likeness (QED) is 0.724. The molecule has 1 aliphatic heterocycles. The Morgan fingerprint density at radius 3 is 2.54 bits per heavy atom. The minimum absolute atomic E-state index is 0.0605. The topological polar surface area (TPSA) is 43.4 Å². The Morgan fingerprint density at radius 2 is 1.81 bits per heavy atom. The van der Waals surface area contributed by atoms with Gasteiger partial charge in [0.2, 0.25) is 0 Å². The number of hydrogen-bond acceptors (Lipinski definition) is 3. The molecule has 2 aromatic carbocycles. The van der Waals surface area contributed by atoms with Crippen LogP contribution in [0.4, 0.5) is 8.78 Å². The van der Waals surface area contributed by atoms with Crippen LogP contribution in [0.15, 0.2) is 41.3 Å². The van der Waals surface area contributed by atoms with Gasteiger partial charge in [0.15, 0.2) is 21.5 Å². The van der Waals surface area contributed by atoms with Gasteiger partial charge in [-0.3, -0.25) is 0 Å². The maximum atomic E-state index is 14.9. The summed E-state index contributed by atoms with van der Waals surface area (Å²) in [4.78, 5) is 0.0605. The van der Waals surface area contributed by atoms with Gasteiger partial charge in [-0.25, -0.2) is 17.2 Å². The van der Waals surface area contributed by atoms with Crippen LogP contribution in [0.3, 0.4) is 0 Å². The normalized spacial score (nSPS) is 25.1. The predicted octanol–water partition coefficient (Wildman–Crippen LogP) is 4.87. The average molecular weight is 399 g/mol. The van der Waals surface area contributed by atoms with Gasteiger partial charge in [-0.1, -0.05) is 24.4 Å². The Hall–Kier alpha value is -1.66. The lowest BCUT2D eigenvalue weighted by Crippen LogP contribution is -2.50. The Balaban J connectivity index is 2.02. The van der Waals surface area contributed by atoms with E-state index in [1.165, 1.54) is 30.3 Å². The van der Waals surface area contributed by atoms with Crippen molar-refractivity contribution in [2.75, 3.05) is 6.61 Å². The zero-order valence-corrected chi connectivity index (χ0v) is 15.4. The van der Waals surface area contributed by atoms with Crippen LogP contribution in [0.25, 0.3) is 0 Å². The fourth-order valence-electron chi connectivity index (χ4n) is 4.31. The first-order chi connectivity index (χ1) is 12.4. The van der Waals surface area contributed by atoms with E-state index in [9.17, 15) is 17.2 Å². The molecule has 0 aromatic heterocycles. The molecule has 2 atom stereocenters. The summed E-state index contributed by atoms with van der Waals surface area (Å²) in [5.41, 5.74) is -0.164. The first kappa shape index (κ1) is 17.7. The molecular weight excluding hydrogens is 382 g/mol. The van der Waals surface area contributed by atoms with Crippen molar-refractivity contribution in [3.8, 4) is 5.75 Å². The molecule has 0 saturated heterocycles. The molecule has 0 N–H and O–H groups in total. The van der Waals surface area contributed by atoms with Gasteiger partial charge in [-0.2, -0.15) is 0 Å². The molecule has 7 heteroatoms. The second-order valence-corrected chi connectivity index (χ2v) is 9.48.